The lowest BCUT2D eigenvalue weighted by atomic mass is 9.78. The second-order valence-electron chi connectivity index (χ2n) is 6.40. The quantitative estimate of drug-likeness (QED) is 0.847. The summed E-state index contributed by atoms with van der Waals surface area (Å²) in [5, 5.41) is 13.1. The highest BCUT2D eigenvalue weighted by molar-refractivity contribution is 5.12. The van der Waals surface area contributed by atoms with Crippen molar-refractivity contribution in [1.29, 1.82) is 5.26 Å². The Morgan fingerprint density at radius 3 is 2.89 bits per heavy atom. The smallest absolute Gasteiger partial charge is 0.108 e. The second-order valence-corrected chi connectivity index (χ2v) is 6.40. The molecule has 0 aromatic rings. The van der Waals surface area contributed by atoms with Gasteiger partial charge in [0.05, 0.1) is 19.3 Å². The molecule has 0 aromatic carbocycles. The molecule has 2 rings (SSSR count). The summed E-state index contributed by atoms with van der Waals surface area (Å²) in [5.41, 5.74) is -0.324. The molecule has 1 heterocycles. The molecule has 1 aliphatic heterocycles. The highest BCUT2D eigenvalue weighted by Gasteiger charge is 2.40. The first-order valence-corrected chi connectivity index (χ1v) is 7.59. The number of nitrogens with zero attached hydrogens (tertiary/aromatic N) is 2. The number of nitriles is 1. The van der Waals surface area contributed by atoms with E-state index in [1.54, 1.807) is 0 Å². The fraction of sp³-hybridized carbons (Fsp3) is 0.933. The van der Waals surface area contributed by atoms with Crippen LogP contribution in [0.1, 0.15) is 46.5 Å². The average molecular weight is 265 g/mol. The lowest BCUT2D eigenvalue weighted by Crippen LogP contribution is -2.58. The summed E-state index contributed by atoms with van der Waals surface area (Å²) in [7, 11) is 0. The van der Waals surface area contributed by atoms with E-state index in [-0.39, 0.29) is 5.54 Å². The molecule has 4 heteroatoms. The molecule has 1 N–H and O–H groups in total. The van der Waals surface area contributed by atoms with E-state index in [4.69, 9.17) is 4.74 Å². The fourth-order valence-corrected chi connectivity index (χ4v) is 3.63. The molecule has 3 atom stereocenters. The van der Waals surface area contributed by atoms with E-state index in [9.17, 15) is 5.26 Å². The van der Waals surface area contributed by atoms with Crippen LogP contribution >= 0.6 is 0 Å². The third-order valence-corrected chi connectivity index (χ3v) is 4.39. The van der Waals surface area contributed by atoms with E-state index in [0.29, 0.717) is 18.1 Å². The molecule has 0 bridgehead atoms. The summed E-state index contributed by atoms with van der Waals surface area (Å²) in [4.78, 5) is 2.55. The minimum atomic E-state index is -0.324. The van der Waals surface area contributed by atoms with Gasteiger partial charge in [-0.3, -0.25) is 10.2 Å². The van der Waals surface area contributed by atoms with Gasteiger partial charge in [0.25, 0.3) is 0 Å². The van der Waals surface area contributed by atoms with Crippen LogP contribution in [0.2, 0.25) is 0 Å². The van der Waals surface area contributed by atoms with Crippen molar-refractivity contribution < 1.29 is 4.74 Å². The van der Waals surface area contributed by atoms with E-state index < -0.39 is 0 Å². The zero-order chi connectivity index (χ0) is 13.9. The number of hydrogen-bond acceptors (Lipinski definition) is 4. The highest BCUT2D eigenvalue weighted by atomic mass is 16.5. The standard InChI is InChI=1S/C15H27N3O/c1-12(2)17-15(11-16)6-4-5-14(9-15)18-7-8-19-10-13(18)3/h12-14,17H,4-10H2,1-3H3. The molecule has 3 unspecified atom stereocenters. The second kappa shape index (κ2) is 6.21. The van der Waals surface area contributed by atoms with Crippen LogP contribution in [-0.2, 0) is 4.74 Å². The van der Waals surface area contributed by atoms with Crippen molar-refractivity contribution >= 4 is 0 Å². The normalized spacial score (nSPS) is 37.2. The lowest BCUT2D eigenvalue weighted by molar-refractivity contribution is -0.0353. The van der Waals surface area contributed by atoms with Crippen molar-refractivity contribution in [2.45, 2.75) is 70.1 Å². The Kier molecular flexibility index (Phi) is 4.83. The number of morpholine rings is 1. The van der Waals surface area contributed by atoms with Crippen molar-refractivity contribution in [2.75, 3.05) is 19.8 Å². The minimum Gasteiger partial charge on any atom is -0.379 e. The van der Waals surface area contributed by atoms with Crippen LogP contribution in [0.4, 0.5) is 0 Å². The van der Waals surface area contributed by atoms with Crippen LogP contribution in [-0.4, -0.2) is 48.3 Å². The third kappa shape index (κ3) is 3.47. The van der Waals surface area contributed by atoms with E-state index in [1.165, 1.54) is 6.42 Å². The van der Waals surface area contributed by atoms with E-state index >= 15 is 0 Å². The van der Waals surface area contributed by atoms with Crippen molar-refractivity contribution in [2.24, 2.45) is 0 Å². The minimum absolute atomic E-state index is 0.324. The largest absolute Gasteiger partial charge is 0.379 e. The molecule has 0 aromatic heterocycles. The summed E-state index contributed by atoms with van der Waals surface area (Å²) in [6.07, 6.45) is 4.29. The molecule has 2 aliphatic rings. The van der Waals surface area contributed by atoms with E-state index in [0.717, 1.165) is 39.0 Å². The molecule has 1 aliphatic carbocycles. The van der Waals surface area contributed by atoms with Gasteiger partial charge >= 0.3 is 0 Å². The maximum Gasteiger partial charge on any atom is 0.108 e. The summed E-state index contributed by atoms with van der Waals surface area (Å²) in [6.45, 7) is 9.15. The molecular weight excluding hydrogens is 238 g/mol. The van der Waals surface area contributed by atoms with Gasteiger partial charge in [-0.2, -0.15) is 5.26 Å². The SMILES string of the molecule is CC(C)NC1(C#N)CCCC(N2CCOCC2C)C1. The van der Waals surface area contributed by atoms with Gasteiger partial charge in [-0.1, -0.05) is 0 Å². The number of hydrogen-bond donors (Lipinski definition) is 1. The van der Waals surface area contributed by atoms with Crippen LogP contribution in [0.25, 0.3) is 0 Å². The Bertz CT molecular complexity index is 339. The number of ether oxygens (including phenoxy) is 1. The van der Waals surface area contributed by atoms with Crippen LogP contribution in [0.15, 0.2) is 0 Å². The van der Waals surface area contributed by atoms with Crippen molar-refractivity contribution in [3.63, 3.8) is 0 Å². The number of rotatable bonds is 3. The molecule has 1 saturated heterocycles. The van der Waals surface area contributed by atoms with Crippen molar-refractivity contribution in [3.8, 4) is 6.07 Å². The molecular formula is C15H27N3O. The van der Waals surface area contributed by atoms with Gasteiger partial charge in [-0.05, 0) is 46.5 Å². The molecule has 0 radical (unpaired) electrons. The summed E-state index contributed by atoms with van der Waals surface area (Å²) in [6, 6.07) is 3.93. The molecule has 19 heavy (non-hydrogen) atoms. The number of nitrogens with one attached hydrogen (secondary N) is 1. The van der Waals surface area contributed by atoms with Gasteiger partial charge in [-0.25, -0.2) is 0 Å². The predicted octanol–water partition coefficient (Wildman–Crippen LogP) is 1.91. The van der Waals surface area contributed by atoms with Gasteiger partial charge in [0.15, 0.2) is 0 Å². The zero-order valence-electron chi connectivity index (χ0n) is 12.5. The van der Waals surface area contributed by atoms with E-state index in [2.05, 4.69) is 37.1 Å². The molecule has 0 spiro atoms. The van der Waals surface area contributed by atoms with Crippen LogP contribution < -0.4 is 5.32 Å². The topological polar surface area (TPSA) is 48.3 Å². The average Bonchev–Trinajstić information content (AvgIpc) is 2.39. The predicted molar refractivity (Wildman–Crippen MR) is 75.9 cm³/mol. The third-order valence-electron chi connectivity index (χ3n) is 4.39. The van der Waals surface area contributed by atoms with Crippen LogP contribution in [0.3, 0.4) is 0 Å². The Morgan fingerprint density at radius 1 is 1.47 bits per heavy atom. The Hall–Kier alpha value is -0.630. The van der Waals surface area contributed by atoms with Gasteiger partial charge < -0.3 is 4.74 Å². The first-order chi connectivity index (χ1) is 9.06. The van der Waals surface area contributed by atoms with Gasteiger partial charge in [0.2, 0.25) is 0 Å². The molecule has 108 valence electrons. The monoisotopic (exact) mass is 265 g/mol. The van der Waals surface area contributed by atoms with Crippen LogP contribution in [0.5, 0.6) is 0 Å². The van der Waals surface area contributed by atoms with Crippen molar-refractivity contribution in [1.82, 2.24) is 10.2 Å². The first-order valence-electron chi connectivity index (χ1n) is 7.59. The molecule has 0 amide bonds. The van der Waals surface area contributed by atoms with Gasteiger partial charge in [0, 0.05) is 24.7 Å². The summed E-state index contributed by atoms with van der Waals surface area (Å²) in [5.74, 6) is 0. The van der Waals surface area contributed by atoms with E-state index in [1.807, 2.05) is 0 Å². The molecule has 4 nitrogen and oxygen atoms in total. The summed E-state index contributed by atoms with van der Waals surface area (Å²) < 4.78 is 5.52. The summed E-state index contributed by atoms with van der Waals surface area (Å²) >= 11 is 0. The lowest BCUT2D eigenvalue weighted by Gasteiger charge is -2.46. The first kappa shape index (κ1) is 14.8. The van der Waals surface area contributed by atoms with Crippen LogP contribution in [0, 0.1) is 11.3 Å². The maximum atomic E-state index is 9.62. The Labute approximate surface area is 117 Å². The molecule has 1 saturated carbocycles. The van der Waals surface area contributed by atoms with Gasteiger partial charge in [-0.15, -0.1) is 0 Å². The fourth-order valence-electron chi connectivity index (χ4n) is 3.63. The molecule has 2 fully saturated rings. The van der Waals surface area contributed by atoms with Crippen molar-refractivity contribution in [3.05, 3.63) is 0 Å². The Balaban J connectivity index is 2.05. The zero-order valence-corrected chi connectivity index (χ0v) is 12.5. The highest BCUT2D eigenvalue weighted by Crippen LogP contribution is 2.32. The van der Waals surface area contributed by atoms with Gasteiger partial charge in [0.1, 0.15) is 5.54 Å². The maximum absolute atomic E-state index is 9.62. The Morgan fingerprint density at radius 2 is 2.26 bits per heavy atom.